The lowest BCUT2D eigenvalue weighted by molar-refractivity contribution is -0.142. The number of fused-ring (bicyclic) bond motifs is 3. The van der Waals surface area contributed by atoms with Crippen LogP contribution in [0.3, 0.4) is 0 Å². The summed E-state index contributed by atoms with van der Waals surface area (Å²) in [6, 6.07) is 15.9. The van der Waals surface area contributed by atoms with E-state index in [-0.39, 0.29) is 43.5 Å². The first kappa shape index (κ1) is 23.4. The third kappa shape index (κ3) is 4.75. The molecule has 0 radical (unpaired) electrons. The number of aliphatic carboxylic acids is 1. The number of carboxylic acid groups (broad SMARTS) is 1. The molecule has 4 unspecified atom stereocenters. The summed E-state index contributed by atoms with van der Waals surface area (Å²) < 4.78 is 10.9. The normalized spacial score (nSPS) is 25.0. The van der Waals surface area contributed by atoms with Crippen molar-refractivity contribution in [1.82, 2.24) is 10.6 Å². The zero-order valence-electron chi connectivity index (χ0n) is 19.4. The highest BCUT2D eigenvalue weighted by atomic mass is 16.5. The van der Waals surface area contributed by atoms with Crippen LogP contribution in [0.25, 0.3) is 11.1 Å². The minimum atomic E-state index is -0.965. The smallest absolute Gasteiger partial charge is 0.407 e. The van der Waals surface area contributed by atoms with Gasteiger partial charge in [-0.15, -0.1) is 0 Å². The molecular formula is C27H30N2O6. The van der Waals surface area contributed by atoms with Crippen LogP contribution in [0.4, 0.5) is 4.79 Å². The van der Waals surface area contributed by atoms with Crippen LogP contribution in [0, 0.1) is 17.8 Å². The minimum Gasteiger partial charge on any atom is -0.481 e. The van der Waals surface area contributed by atoms with E-state index in [9.17, 15) is 19.5 Å². The summed E-state index contributed by atoms with van der Waals surface area (Å²) >= 11 is 0. The van der Waals surface area contributed by atoms with Crippen molar-refractivity contribution in [2.45, 2.75) is 31.2 Å². The fraction of sp³-hybridized carbons (Fsp3) is 0.444. The van der Waals surface area contributed by atoms with Crippen molar-refractivity contribution in [1.29, 1.82) is 0 Å². The SMILES string of the molecule is O=C(NCC1CCCC1C(=O)NC1COCC1C(=O)O)OCC1c2ccccc2-c2ccccc21. The first-order chi connectivity index (χ1) is 17.0. The van der Waals surface area contributed by atoms with E-state index in [4.69, 9.17) is 9.47 Å². The minimum absolute atomic E-state index is 0.00558. The van der Waals surface area contributed by atoms with Gasteiger partial charge in [-0.2, -0.15) is 0 Å². The summed E-state index contributed by atoms with van der Waals surface area (Å²) in [6.07, 6.45) is 1.94. The van der Waals surface area contributed by atoms with Gasteiger partial charge in [0.15, 0.2) is 0 Å². The highest BCUT2D eigenvalue weighted by molar-refractivity contribution is 5.81. The van der Waals surface area contributed by atoms with Crippen LogP contribution in [0.1, 0.15) is 36.3 Å². The Labute approximate surface area is 204 Å². The Kier molecular flexibility index (Phi) is 6.72. The molecule has 8 heteroatoms. The van der Waals surface area contributed by atoms with Gasteiger partial charge in [-0.25, -0.2) is 4.79 Å². The van der Waals surface area contributed by atoms with E-state index in [0.717, 1.165) is 24.0 Å². The van der Waals surface area contributed by atoms with Crippen molar-refractivity contribution >= 4 is 18.0 Å². The molecule has 4 atom stereocenters. The van der Waals surface area contributed by atoms with Crippen molar-refractivity contribution in [3.8, 4) is 11.1 Å². The molecule has 1 aliphatic heterocycles. The summed E-state index contributed by atoms with van der Waals surface area (Å²) in [6.45, 7) is 0.904. The predicted octanol–water partition coefficient (Wildman–Crippen LogP) is 3.16. The van der Waals surface area contributed by atoms with Gasteiger partial charge in [0.05, 0.1) is 19.3 Å². The fourth-order valence-corrected chi connectivity index (χ4v) is 5.72. The Morgan fingerprint density at radius 1 is 0.943 bits per heavy atom. The number of benzene rings is 2. The summed E-state index contributed by atoms with van der Waals surface area (Å²) in [5, 5.41) is 15.0. The van der Waals surface area contributed by atoms with E-state index in [0.29, 0.717) is 13.0 Å². The van der Waals surface area contributed by atoms with E-state index >= 15 is 0 Å². The first-order valence-corrected chi connectivity index (χ1v) is 12.2. The average molecular weight is 479 g/mol. The number of carboxylic acids is 1. The summed E-state index contributed by atoms with van der Waals surface area (Å²) in [4.78, 5) is 36.7. The third-order valence-electron chi connectivity index (χ3n) is 7.57. The van der Waals surface area contributed by atoms with E-state index < -0.39 is 24.0 Å². The van der Waals surface area contributed by atoms with Crippen LogP contribution in [0.2, 0.25) is 0 Å². The van der Waals surface area contributed by atoms with Gasteiger partial charge in [0.2, 0.25) is 5.91 Å². The standard InChI is InChI=1S/C27H30N2O6/c30-25(29-24-15-34-13-23(24)26(31)32)17-11-5-6-16(17)12-28-27(33)35-14-22-20-9-3-1-7-18(20)19-8-2-4-10-21(19)22/h1-4,7-10,16-17,22-24H,5-6,11-15H2,(H,28,33)(H,29,30)(H,31,32). The van der Waals surface area contributed by atoms with E-state index in [1.54, 1.807) is 0 Å². The number of hydrogen-bond acceptors (Lipinski definition) is 5. The van der Waals surface area contributed by atoms with Gasteiger partial charge < -0.3 is 25.2 Å². The van der Waals surface area contributed by atoms with Crippen LogP contribution in [-0.2, 0) is 19.1 Å². The quantitative estimate of drug-likeness (QED) is 0.563. The number of alkyl carbamates (subject to hydrolysis) is 1. The molecule has 2 amide bonds. The zero-order chi connectivity index (χ0) is 24.4. The molecule has 0 aromatic heterocycles. The second-order valence-electron chi connectivity index (χ2n) is 9.60. The summed E-state index contributed by atoms with van der Waals surface area (Å²) in [5.41, 5.74) is 4.67. The number of ether oxygens (including phenoxy) is 2. The molecule has 35 heavy (non-hydrogen) atoms. The van der Waals surface area contributed by atoms with Gasteiger partial charge in [0.1, 0.15) is 12.5 Å². The highest BCUT2D eigenvalue weighted by Gasteiger charge is 2.39. The Morgan fingerprint density at radius 2 is 1.63 bits per heavy atom. The molecule has 0 bridgehead atoms. The van der Waals surface area contributed by atoms with Gasteiger partial charge >= 0.3 is 12.1 Å². The maximum atomic E-state index is 12.9. The Hall–Kier alpha value is -3.39. The Morgan fingerprint density at radius 3 is 2.31 bits per heavy atom. The van der Waals surface area contributed by atoms with Crippen molar-refractivity contribution in [2.24, 2.45) is 17.8 Å². The average Bonchev–Trinajstić information content (AvgIpc) is 3.59. The Balaban J connectivity index is 1.14. The number of carbonyl (C=O) groups is 3. The molecule has 2 aromatic rings. The van der Waals surface area contributed by atoms with E-state index in [1.165, 1.54) is 11.1 Å². The van der Waals surface area contributed by atoms with Crippen molar-refractivity contribution < 1.29 is 29.0 Å². The van der Waals surface area contributed by atoms with Crippen molar-refractivity contribution in [3.63, 3.8) is 0 Å². The Bertz CT molecular complexity index is 1070. The molecule has 1 saturated heterocycles. The lowest BCUT2D eigenvalue weighted by Crippen LogP contribution is -2.46. The van der Waals surface area contributed by atoms with E-state index in [2.05, 4.69) is 34.9 Å². The largest absolute Gasteiger partial charge is 0.481 e. The fourth-order valence-electron chi connectivity index (χ4n) is 5.72. The van der Waals surface area contributed by atoms with Crippen molar-refractivity contribution in [2.75, 3.05) is 26.4 Å². The topological polar surface area (TPSA) is 114 Å². The molecule has 184 valence electrons. The lowest BCUT2D eigenvalue weighted by Gasteiger charge is -2.23. The monoisotopic (exact) mass is 478 g/mol. The lowest BCUT2D eigenvalue weighted by atomic mass is 9.94. The zero-order valence-corrected chi connectivity index (χ0v) is 19.4. The molecule has 2 aliphatic carbocycles. The molecule has 0 spiro atoms. The maximum Gasteiger partial charge on any atom is 0.407 e. The highest BCUT2D eigenvalue weighted by Crippen LogP contribution is 2.44. The number of nitrogens with one attached hydrogen (secondary N) is 2. The first-order valence-electron chi connectivity index (χ1n) is 12.2. The molecule has 2 fully saturated rings. The second-order valence-corrected chi connectivity index (χ2v) is 9.60. The molecule has 3 N–H and O–H groups in total. The summed E-state index contributed by atoms with van der Waals surface area (Å²) in [7, 11) is 0. The number of carbonyl (C=O) groups excluding carboxylic acids is 2. The van der Waals surface area contributed by atoms with Crippen LogP contribution in [0.15, 0.2) is 48.5 Å². The van der Waals surface area contributed by atoms with Gasteiger partial charge in [-0.1, -0.05) is 55.0 Å². The third-order valence-corrected chi connectivity index (χ3v) is 7.57. The molecule has 1 saturated carbocycles. The summed E-state index contributed by atoms with van der Waals surface area (Å²) in [5.74, 6) is -2.14. The molecule has 8 nitrogen and oxygen atoms in total. The number of rotatable bonds is 7. The molecule has 1 heterocycles. The number of amides is 2. The predicted molar refractivity (Wildman–Crippen MR) is 128 cm³/mol. The molecule has 5 rings (SSSR count). The van der Waals surface area contributed by atoms with Gasteiger partial charge in [-0.05, 0) is 41.0 Å². The van der Waals surface area contributed by atoms with Crippen LogP contribution < -0.4 is 10.6 Å². The van der Waals surface area contributed by atoms with Gasteiger partial charge in [0.25, 0.3) is 0 Å². The maximum absolute atomic E-state index is 12.9. The van der Waals surface area contributed by atoms with E-state index in [1.807, 2.05) is 24.3 Å². The van der Waals surface area contributed by atoms with Crippen LogP contribution in [-0.4, -0.2) is 55.5 Å². The molecule has 2 aromatic carbocycles. The van der Waals surface area contributed by atoms with Crippen LogP contribution >= 0.6 is 0 Å². The number of hydrogen-bond donors (Lipinski definition) is 3. The van der Waals surface area contributed by atoms with Gasteiger partial charge in [-0.3, -0.25) is 9.59 Å². The molecular weight excluding hydrogens is 448 g/mol. The second kappa shape index (κ2) is 10.1. The molecule has 3 aliphatic rings. The van der Waals surface area contributed by atoms with Crippen molar-refractivity contribution in [3.05, 3.63) is 59.7 Å². The van der Waals surface area contributed by atoms with Gasteiger partial charge in [0, 0.05) is 18.4 Å². The van der Waals surface area contributed by atoms with Crippen LogP contribution in [0.5, 0.6) is 0 Å².